The maximum atomic E-state index is 5.27. The van der Waals surface area contributed by atoms with Gasteiger partial charge in [-0.2, -0.15) is 0 Å². The molecule has 0 radical (unpaired) electrons. The molecule has 0 saturated carbocycles. The smallest absolute Gasteiger partial charge is 0.158 e. The number of hydrogen-bond acceptors (Lipinski definition) is 4. The van der Waals surface area contributed by atoms with Crippen LogP contribution in [0.3, 0.4) is 0 Å². The highest BCUT2D eigenvalue weighted by molar-refractivity contribution is 5.79. The van der Waals surface area contributed by atoms with Gasteiger partial charge in [-0.05, 0) is 17.7 Å². The quantitative estimate of drug-likeness (QED) is 0.678. The molecule has 3 rings (SSSR count). The molecule has 0 fully saturated rings. The van der Waals surface area contributed by atoms with Crippen LogP contribution in [0.15, 0.2) is 70.4 Å². The van der Waals surface area contributed by atoms with Crippen molar-refractivity contribution in [3.8, 4) is 11.3 Å². The molecule has 0 aliphatic heterocycles. The summed E-state index contributed by atoms with van der Waals surface area (Å²) in [4.78, 5) is 8.41. The molecule has 20 heavy (non-hydrogen) atoms. The first-order valence-electron chi connectivity index (χ1n) is 6.33. The van der Waals surface area contributed by atoms with Gasteiger partial charge in [-0.3, -0.25) is 9.98 Å². The van der Waals surface area contributed by atoms with Crippen molar-refractivity contribution in [2.24, 2.45) is 4.99 Å². The maximum absolute atomic E-state index is 5.27. The van der Waals surface area contributed by atoms with Crippen LogP contribution in [0, 0.1) is 0 Å². The van der Waals surface area contributed by atoms with E-state index < -0.39 is 0 Å². The van der Waals surface area contributed by atoms with Crippen molar-refractivity contribution in [2.75, 3.05) is 0 Å². The topological polar surface area (TPSA) is 51.3 Å². The van der Waals surface area contributed by atoms with Crippen molar-refractivity contribution in [2.45, 2.75) is 6.54 Å². The zero-order chi connectivity index (χ0) is 13.6. The molecule has 0 unspecified atom stereocenters. The van der Waals surface area contributed by atoms with Crippen molar-refractivity contribution >= 4 is 6.21 Å². The fourth-order valence-electron chi connectivity index (χ4n) is 1.82. The Morgan fingerprint density at radius 1 is 1.10 bits per heavy atom. The van der Waals surface area contributed by atoms with Gasteiger partial charge in [-0.15, -0.1) is 0 Å². The molecule has 0 amide bonds. The zero-order valence-corrected chi connectivity index (χ0v) is 10.8. The van der Waals surface area contributed by atoms with Crippen LogP contribution in [0.4, 0.5) is 0 Å². The van der Waals surface area contributed by atoms with Gasteiger partial charge in [0.15, 0.2) is 5.76 Å². The first-order chi connectivity index (χ1) is 9.92. The first kappa shape index (κ1) is 12.3. The molecule has 3 aromatic rings. The fraction of sp³-hybridized carbons (Fsp3) is 0.0625. The van der Waals surface area contributed by atoms with E-state index in [0.29, 0.717) is 6.54 Å². The molecule has 0 aliphatic carbocycles. The van der Waals surface area contributed by atoms with Gasteiger partial charge >= 0.3 is 0 Å². The van der Waals surface area contributed by atoms with Crippen LogP contribution >= 0.6 is 0 Å². The Morgan fingerprint density at radius 3 is 2.80 bits per heavy atom. The number of rotatable bonds is 4. The minimum Gasteiger partial charge on any atom is -0.359 e. The fourth-order valence-corrected chi connectivity index (χ4v) is 1.82. The average molecular weight is 263 g/mol. The van der Waals surface area contributed by atoms with Crippen molar-refractivity contribution < 1.29 is 4.52 Å². The van der Waals surface area contributed by atoms with Crippen LogP contribution in [0.1, 0.15) is 11.3 Å². The molecule has 0 atom stereocenters. The molecular formula is C16H13N3O. The Hall–Kier alpha value is -2.75. The molecule has 4 heteroatoms. The molecule has 1 aromatic carbocycles. The summed E-state index contributed by atoms with van der Waals surface area (Å²) < 4.78 is 5.27. The Morgan fingerprint density at radius 2 is 2.00 bits per heavy atom. The predicted molar refractivity (Wildman–Crippen MR) is 77.5 cm³/mol. The third kappa shape index (κ3) is 2.98. The molecular weight excluding hydrogens is 250 g/mol. The van der Waals surface area contributed by atoms with Crippen molar-refractivity contribution in [1.82, 2.24) is 10.1 Å². The van der Waals surface area contributed by atoms with Crippen LogP contribution < -0.4 is 0 Å². The van der Waals surface area contributed by atoms with Crippen molar-refractivity contribution in [1.29, 1.82) is 0 Å². The number of aromatic nitrogens is 2. The summed E-state index contributed by atoms with van der Waals surface area (Å²) in [6, 6.07) is 15.7. The molecule has 0 bridgehead atoms. The molecule has 0 saturated heterocycles. The normalized spacial score (nSPS) is 11.0. The third-order valence-corrected chi connectivity index (χ3v) is 2.80. The molecule has 2 aromatic heterocycles. The Bertz CT molecular complexity index is 690. The molecule has 0 aliphatic rings. The standard InChI is InChI=1S/C16H13N3O/c1-2-5-13(6-3-1)10-18-12-15-9-16(19-20-15)14-7-4-8-17-11-14/h1-11H,12H2/b18-10+. The van der Waals surface area contributed by atoms with Gasteiger partial charge in [-0.25, -0.2) is 0 Å². The molecule has 2 heterocycles. The van der Waals surface area contributed by atoms with Gasteiger partial charge in [-0.1, -0.05) is 35.5 Å². The van der Waals surface area contributed by atoms with E-state index in [1.807, 2.05) is 54.7 Å². The Balaban J connectivity index is 1.68. The monoisotopic (exact) mass is 263 g/mol. The lowest BCUT2D eigenvalue weighted by molar-refractivity contribution is 0.387. The van der Waals surface area contributed by atoms with Gasteiger partial charge in [0.1, 0.15) is 5.69 Å². The summed E-state index contributed by atoms with van der Waals surface area (Å²) in [6.07, 6.45) is 5.32. The lowest BCUT2D eigenvalue weighted by Gasteiger charge is -1.91. The largest absolute Gasteiger partial charge is 0.359 e. The second kappa shape index (κ2) is 5.93. The minimum atomic E-state index is 0.474. The summed E-state index contributed by atoms with van der Waals surface area (Å²) in [5.41, 5.74) is 2.79. The van der Waals surface area contributed by atoms with Gasteiger partial charge < -0.3 is 4.52 Å². The number of benzene rings is 1. The highest BCUT2D eigenvalue weighted by Gasteiger charge is 2.05. The predicted octanol–water partition coefficient (Wildman–Crippen LogP) is 3.36. The van der Waals surface area contributed by atoms with E-state index in [1.54, 1.807) is 12.4 Å². The Kier molecular flexibility index (Phi) is 3.64. The minimum absolute atomic E-state index is 0.474. The first-order valence-corrected chi connectivity index (χ1v) is 6.33. The van der Waals surface area contributed by atoms with Gasteiger partial charge in [0.05, 0.1) is 6.54 Å². The van der Waals surface area contributed by atoms with E-state index in [0.717, 1.165) is 22.6 Å². The molecule has 0 N–H and O–H groups in total. The lowest BCUT2D eigenvalue weighted by atomic mass is 10.2. The van der Waals surface area contributed by atoms with Crippen molar-refractivity contribution in [3.05, 3.63) is 72.2 Å². The van der Waals surface area contributed by atoms with E-state index in [4.69, 9.17) is 4.52 Å². The van der Waals surface area contributed by atoms with Crippen LogP contribution in [-0.2, 0) is 6.54 Å². The summed E-state index contributed by atoms with van der Waals surface area (Å²) in [5, 5.41) is 4.02. The van der Waals surface area contributed by atoms with Crippen LogP contribution in [0.5, 0.6) is 0 Å². The van der Waals surface area contributed by atoms with E-state index in [2.05, 4.69) is 15.1 Å². The SMILES string of the molecule is C(=N\Cc1cc(-c2cccnc2)no1)/c1ccccc1. The summed E-state index contributed by atoms with van der Waals surface area (Å²) in [5.74, 6) is 0.732. The van der Waals surface area contributed by atoms with E-state index >= 15 is 0 Å². The summed E-state index contributed by atoms with van der Waals surface area (Å²) in [6.45, 7) is 0.474. The average Bonchev–Trinajstić information content (AvgIpc) is 2.98. The number of nitrogens with zero attached hydrogens (tertiary/aromatic N) is 3. The maximum Gasteiger partial charge on any atom is 0.158 e. The van der Waals surface area contributed by atoms with Crippen LogP contribution in [0.25, 0.3) is 11.3 Å². The highest BCUT2D eigenvalue weighted by atomic mass is 16.5. The Labute approximate surface area is 116 Å². The van der Waals surface area contributed by atoms with Gasteiger partial charge in [0, 0.05) is 30.2 Å². The second-order valence-corrected chi connectivity index (χ2v) is 4.30. The zero-order valence-electron chi connectivity index (χ0n) is 10.8. The van der Waals surface area contributed by atoms with Gasteiger partial charge in [0.25, 0.3) is 0 Å². The van der Waals surface area contributed by atoms with Crippen LogP contribution in [0.2, 0.25) is 0 Å². The highest BCUT2D eigenvalue weighted by Crippen LogP contribution is 2.17. The lowest BCUT2D eigenvalue weighted by Crippen LogP contribution is -1.81. The molecule has 4 nitrogen and oxygen atoms in total. The third-order valence-electron chi connectivity index (χ3n) is 2.80. The number of hydrogen-bond donors (Lipinski definition) is 0. The molecule has 98 valence electrons. The molecule has 0 spiro atoms. The summed E-state index contributed by atoms with van der Waals surface area (Å²) >= 11 is 0. The number of pyridine rings is 1. The van der Waals surface area contributed by atoms with E-state index in [1.165, 1.54) is 0 Å². The van der Waals surface area contributed by atoms with E-state index in [9.17, 15) is 0 Å². The van der Waals surface area contributed by atoms with E-state index in [-0.39, 0.29) is 0 Å². The van der Waals surface area contributed by atoms with Gasteiger partial charge in [0.2, 0.25) is 0 Å². The number of aliphatic imine (C=N–C) groups is 1. The van der Waals surface area contributed by atoms with Crippen molar-refractivity contribution in [3.63, 3.8) is 0 Å². The van der Waals surface area contributed by atoms with Crippen LogP contribution in [-0.4, -0.2) is 16.4 Å². The second-order valence-electron chi connectivity index (χ2n) is 4.30. The summed E-state index contributed by atoms with van der Waals surface area (Å²) in [7, 11) is 0.